The average Bonchev–Trinajstić information content (AvgIpc) is 3.03. The maximum atomic E-state index is 12.5. The van der Waals surface area contributed by atoms with Gasteiger partial charge in [0.2, 0.25) is 5.88 Å². The molecule has 138 valence electrons. The molecule has 27 heavy (non-hydrogen) atoms. The molecule has 3 N–H and O–H groups in total. The van der Waals surface area contributed by atoms with Crippen molar-refractivity contribution in [3.8, 4) is 11.6 Å². The highest BCUT2D eigenvalue weighted by atomic mass is 35.5. The molecule has 0 aliphatic heterocycles. The van der Waals surface area contributed by atoms with E-state index in [-0.39, 0.29) is 18.0 Å². The van der Waals surface area contributed by atoms with Crippen molar-refractivity contribution < 1.29 is 19.8 Å². The second kappa shape index (κ2) is 7.88. The number of aliphatic carboxylic acids is 1. The van der Waals surface area contributed by atoms with Crippen molar-refractivity contribution in [3.63, 3.8) is 0 Å². The molecule has 1 amide bonds. The SMILES string of the molecule is O=C(O)C[C@H](NC(=O)c1cc(O)n(-c2ccccc2Cl)n1)c1cccnc1. The predicted octanol–water partition coefficient (Wildman–Crippen LogP) is 2.57. The molecule has 0 aliphatic carbocycles. The van der Waals surface area contributed by atoms with Crippen molar-refractivity contribution in [2.75, 3.05) is 0 Å². The first kappa shape index (κ1) is 18.4. The zero-order valence-electron chi connectivity index (χ0n) is 13.9. The molecule has 0 radical (unpaired) electrons. The lowest BCUT2D eigenvalue weighted by Crippen LogP contribution is -2.30. The van der Waals surface area contributed by atoms with Gasteiger partial charge in [-0.1, -0.05) is 29.8 Å². The largest absolute Gasteiger partial charge is 0.493 e. The van der Waals surface area contributed by atoms with E-state index in [1.165, 1.54) is 12.3 Å². The number of carboxylic acid groups (broad SMARTS) is 1. The first-order chi connectivity index (χ1) is 13.0. The molecule has 8 nitrogen and oxygen atoms in total. The number of rotatable bonds is 6. The summed E-state index contributed by atoms with van der Waals surface area (Å²) in [6.45, 7) is 0. The molecular weight excluding hydrogens is 372 g/mol. The molecule has 3 rings (SSSR count). The Kier molecular flexibility index (Phi) is 5.37. The van der Waals surface area contributed by atoms with Gasteiger partial charge in [-0.25, -0.2) is 0 Å². The van der Waals surface area contributed by atoms with Crippen molar-refractivity contribution in [3.05, 3.63) is 71.1 Å². The minimum Gasteiger partial charge on any atom is -0.493 e. The van der Waals surface area contributed by atoms with Crippen LogP contribution in [0.15, 0.2) is 54.9 Å². The molecule has 2 aromatic heterocycles. The molecule has 0 aliphatic rings. The van der Waals surface area contributed by atoms with Gasteiger partial charge >= 0.3 is 5.97 Å². The van der Waals surface area contributed by atoms with Crippen LogP contribution in [-0.4, -0.2) is 36.9 Å². The number of hydrogen-bond donors (Lipinski definition) is 3. The predicted molar refractivity (Wildman–Crippen MR) is 96.9 cm³/mol. The van der Waals surface area contributed by atoms with Crippen LogP contribution in [-0.2, 0) is 4.79 Å². The third-order valence-corrected chi connectivity index (χ3v) is 4.09. The number of nitrogens with zero attached hydrogens (tertiary/aromatic N) is 3. The third-order valence-electron chi connectivity index (χ3n) is 3.77. The Hall–Kier alpha value is -3.39. The number of nitrogens with one attached hydrogen (secondary N) is 1. The maximum absolute atomic E-state index is 12.5. The summed E-state index contributed by atoms with van der Waals surface area (Å²) in [5.74, 6) is -1.98. The van der Waals surface area contributed by atoms with Crippen LogP contribution in [0.2, 0.25) is 5.02 Å². The quantitative estimate of drug-likeness (QED) is 0.599. The van der Waals surface area contributed by atoms with Crippen LogP contribution in [0.3, 0.4) is 0 Å². The Bertz CT molecular complexity index is 975. The van der Waals surface area contributed by atoms with Gasteiger partial charge in [-0.15, -0.1) is 0 Å². The topological polar surface area (TPSA) is 117 Å². The number of amides is 1. The zero-order valence-corrected chi connectivity index (χ0v) is 14.7. The molecule has 3 aromatic rings. The lowest BCUT2D eigenvalue weighted by atomic mass is 10.1. The van der Waals surface area contributed by atoms with E-state index >= 15 is 0 Å². The second-order valence-electron chi connectivity index (χ2n) is 5.66. The van der Waals surface area contributed by atoms with Crippen LogP contribution in [0.4, 0.5) is 0 Å². The van der Waals surface area contributed by atoms with E-state index in [9.17, 15) is 14.7 Å². The Morgan fingerprint density at radius 2 is 2.00 bits per heavy atom. The van der Waals surface area contributed by atoms with Crippen molar-refractivity contribution in [2.45, 2.75) is 12.5 Å². The average molecular weight is 387 g/mol. The highest BCUT2D eigenvalue weighted by molar-refractivity contribution is 6.32. The molecular formula is C18H15ClN4O4. The van der Waals surface area contributed by atoms with Gasteiger partial charge in [0.25, 0.3) is 5.91 Å². The van der Waals surface area contributed by atoms with Gasteiger partial charge < -0.3 is 15.5 Å². The summed E-state index contributed by atoms with van der Waals surface area (Å²) in [4.78, 5) is 27.6. The number of pyridine rings is 1. The summed E-state index contributed by atoms with van der Waals surface area (Å²) in [7, 11) is 0. The van der Waals surface area contributed by atoms with E-state index in [1.54, 1.807) is 42.6 Å². The fourth-order valence-corrected chi connectivity index (χ4v) is 2.74. The Morgan fingerprint density at radius 1 is 1.22 bits per heavy atom. The summed E-state index contributed by atoms with van der Waals surface area (Å²) in [6.07, 6.45) is 2.70. The molecule has 2 heterocycles. The van der Waals surface area contributed by atoms with Gasteiger partial charge in [-0.3, -0.25) is 14.6 Å². The maximum Gasteiger partial charge on any atom is 0.305 e. The number of benzene rings is 1. The number of hydrogen-bond acceptors (Lipinski definition) is 5. The molecule has 0 saturated carbocycles. The fourth-order valence-electron chi connectivity index (χ4n) is 2.52. The van der Waals surface area contributed by atoms with Gasteiger partial charge in [0.05, 0.1) is 23.2 Å². The van der Waals surface area contributed by atoms with Crippen molar-refractivity contribution in [1.29, 1.82) is 0 Å². The molecule has 0 saturated heterocycles. The van der Waals surface area contributed by atoms with E-state index < -0.39 is 17.9 Å². The number of aromatic nitrogens is 3. The minimum atomic E-state index is -1.08. The number of carbonyl (C=O) groups is 2. The van der Waals surface area contributed by atoms with Gasteiger partial charge in [-0.05, 0) is 23.8 Å². The lowest BCUT2D eigenvalue weighted by Gasteiger charge is -2.16. The molecule has 1 atom stereocenters. The van der Waals surface area contributed by atoms with E-state index in [1.807, 2.05) is 0 Å². The van der Waals surface area contributed by atoms with E-state index in [0.717, 1.165) is 4.68 Å². The summed E-state index contributed by atoms with van der Waals surface area (Å²) in [5.41, 5.74) is 0.875. The summed E-state index contributed by atoms with van der Waals surface area (Å²) in [6, 6.07) is 10.4. The molecule has 0 spiro atoms. The van der Waals surface area contributed by atoms with E-state index in [2.05, 4.69) is 15.4 Å². The zero-order chi connectivity index (χ0) is 19.4. The van der Waals surface area contributed by atoms with Gasteiger partial charge in [-0.2, -0.15) is 9.78 Å². The molecule has 1 aromatic carbocycles. The molecule has 0 fully saturated rings. The highest BCUT2D eigenvalue weighted by Gasteiger charge is 2.22. The van der Waals surface area contributed by atoms with E-state index in [0.29, 0.717) is 16.3 Å². The third kappa shape index (κ3) is 4.24. The van der Waals surface area contributed by atoms with E-state index in [4.69, 9.17) is 16.7 Å². The Labute approximate surface area is 159 Å². The van der Waals surface area contributed by atoms with Crippen LogP contribution in [0.5, 0.6) is 5.88 Å². The molecule has 9 heteroatoms. The number of carbonyl (C=O) groups excluding carboxylic acids is 1. The Morgan fingerprint density at radius 3 is 2.67 bits per heavy atom. The van der Waals surface area contributed by atoms with Crippen LogP contribution in [0, 0.1) is 0 Å². The molecule has 0 unspecified atom stereocenters. The van der Waals surface area contributed by atoms with Crippen LogP contribution in [0.1, 0.15) is 28.5 Å². The summed E-state index contributed by atoms with van der Waals surface area (Å²) < 4.78 is 1.13. The monoisotopic (exact) mass is 386 g/mol. The molecule has 0 bridgehead atoms. The summed E-state index contributed by atoms with van der Waals surface area (Å²) >= 11 is 6.10. The van der Waals surface area contributed by atoms with Gasteiger partial charge in [0, 0.05) is 18.5 Å². The van der Waals surface area contributed by atoms with Crippen LogP contribution < -0.4 is 5.32 Å². The lowest BCUT2D eigenvalue weighted by molar-refractivity contribution is -0.137. The smallest absolute Gasteiger partial charge is 0.305 e. The number of para-hydroxylation sites is 1. The minimum absolute atomic E-state index is 0.0771. The van der Waals surface area contributed by atoms with Crippen LogP contribution >= 0.6 is 11.6 Å². The number of carboxylic acids is 1. The van der Waals surface area contributed by atoms with Crippen LogP contribution in [0.25, 0.3) is 5.69 Å². The van der Waals surface area contributed by atoms with Gasteiger partial charge in [0.1, 0.15) is 0 Å². The van der Waals surface area contributed by atoms with Crippen molar-refractivity contribution >= 4 is 23.5 Å². The normalized spacial score (nSPS) is 11.7. The Balaban J connectivity index is 1.86. The second-order valence-corrected chi connectivity index (χ2v) is 6.07. The first-order valence-corrected chi connectivity index (χ1v) is 8.30. The van der Waals surface area contributed by atoms with Crippen molar-refractivity contribution in [1.82, 2.24) is 20.1 Å². The summed E-state index contributed by atoms with van der Waals surface area (Å²) in [5, 5.41) is 26.3. The number of halogens is 1. The van der Waals surface area contributed by atoms with Gasteiger partial charge in [0.15, 0.2) is 5.69 Å². The number of aromatic hydroxyl groups is 1. The first-order valence-electron chi connectivity index (χ1n) is 7.92. The fraction of sp³-hybridized carbons (Fsp3) is 0.111. The highest BCUT2D eigenvalue weighted by Crippen LogP contribution is 2.25. The standard InChI is InChI=1S/C18H15ClN4O4/c19-12-5-1-2-6-15(12)23-16(24)8-14(22-23)18(27)21-13(9-17(25)26)11-4-3-7-20-10-11/h1-8,10,13,24H,9H2,(H,21,27)(H,25,26)/t13-/m0/s1. The van der Waals surface area contributed by atoms with Crippen molar-refractivity contribution in [2.24, 2.45) is 0 Å².